The van der Waals surface area contributed by atoms with Crippen LogP contribution in [0, 0.1) is 5.41 Å². The first-order valence-corrected chi connectivity index (χ1v) is 6.61. The van der Waals surface area contributed by atoms with E-state index in [1.807, 2.05) is 32.9 Å². The molecular weight excluding hydrogens is 278 g/mol. The van der Waals surface area contributed by atoms with E-state index >= 15 is 0 Å². The molecule has 0 fully saturated rings. The number of halogens is 1. The number of nitrogens with zero attached hydrogens (tertiary/aromatic N) is 2. The Morgan fingerprint density at radius 3 is 2.80 bits per heavy atom. The van der Waals surface area contributed by atoms with Crippen molar-refractivity contribution >= 4 is 17.5 Å². The van der Waals surface area contributed by atoms with Gasteiger partial charge in [0.15, 0.2) is 0 Å². The maximum Gasteiger partial charge on any atom is 0.246 e. The van der Waals surface area contributed by atoms with Crippen molar-refractivity contribution < 1.29 is 9.32 Å². The van der Waals surface area contributed by atoms with E-state index in [2.05, 4.69) is 15.5 Å². The van der Waals surface area contributed by atoms with Gasteiger partial charge in [-0.2, -0.15) is 4.98 Å². The van der Waals surface area contributed by atoms with Gasteiger partial charge in [-0.15, -0.1) is 0 Å². The van der Waals surface area contributed by atoms with Crippen molar-refractivity contribution in [3.05, 3.63) is 35.2 Å². The summed E-state index contributed by atoms with van der Waals surface area (Å²) in [7, 11) is 0. The van der Waals surface area contributed by atoms with Gasteiger partial charge in [-0.3, -0.25) is 4.79 Å². The first kappa shape index (κ1) is 14.5. The van der Waals surface area contributed by atoms with E-state index in [-0.39, 0.29) is 12.5 Å². The molecule has 0 unspecified atom stereocenters. The number of nitrogens with one attached hydrogen (secondary N) is 1. The molecule has 1 heterocycles. The number of hydrogen-bond acceptors (Lipinski definition) is 4. The van der Waals surface area contributed by atoms with Crippen molar-refractivity contribution in [3.8, 4) is 11.4 Å². The first-order valence-electron chi connectivity index (χ1n) is 6.23. The number of carbonyl (C=O) groups excluding carboxylic acids is 1. The Kier molecular flexibility index (Phi) is 4.09. The summed E-state index contributed by atoms with van der Waals surface area (Å²) in [5.41, 5.74) is 0.324. The lowest BCUT2D eigenvalue weighted by Gasteiger charge is -2.16. The topological polar surface area (TPSA) is 68.0 Å². The van der Waals surface area contributed by atoms with Crippen molar-refractivity contribution in [2.24, 2.45) is 5.41 Å². The standard InChI is InChI=1S/C14H16ClN3O2/c1-14(2,3)13(19)16-8-11-17-12(18-20-11)9-5-4-6-10(15)7-9/h4-7H,8H2,1-3H3,(H,16,19). The van der Waals surface area contributed by atoms with Gasteiger partial charge in [-0.25, -0.2) is 0 Å². The summed E-state index contributed by atoms with van der Waals surface area (Å²) in [5.74, 6) is 0.741. The molecule has 0 radical (unpaired) electrons. The van der Waals surface area contributed by atoms with E-state index in [0.29, 0.717) is 16.7 Å². The normalized spacial score (nSPS) is 11.4. The molecule has 20 heavy (non-hydrogen) atoms. The second-order valence-corrected chi connectivity index (χ2v) is 5.89. The third-order valence-corrected chi connectivity index (χ3v) is 2.87. The third-order valence-electron chi connectivity index (χ3n) is 2.63. The Balaban J connectivity index is 2.05. The summed E-state index contributed by atoms with van der Waals surface area (Å²) >= 11 is 5.91. The maximum absolute atomic E-state index is 11.7. The summed E-state index contributed by atoms with van der Waals surface area (Å²) < 4.78 is 5.10. The Bertz CT molecular complexity index is 617. The molecule has 1 amide bonds. The SMILES string of the molecule is CC(C)(C)C(=O)NCc1nc(-c2cccc(Cl)c2)no1. The monoisotopic (exact) mass is 293 g/mol. The van der Waals surface area contributed by atoms with Crippen molar-refractivity contribution in [2.45, 2.75) is 27.3 Å². The van der Waals surface area contributed by atoms with Crippen LogP contribution >= 0.6 is 11.6 Å². The van der Waals surface area contributed by atoms with Gasteiger partial charge in [0, 0.05) is 16.0 Å². The van der Waals surface area contributed by atoms with Crippen molar-refractivity contribution in [1.82, 2.24) is 15.5 Å². The second-order valence-electron chi connectivity index (χ2n) is 5.45. The summed E-state index contributed by atoms with van der Waals surface area (Å²) in [5, 5.41) is 7.23. The van der Waals surface area contributed by atoms with E-state index in [0.717, 1.165) is 5.56 Å². The fourth-order valence-corrected chi connectivity index (χ4v) is 1.68. The molecule has 0 spiro atoms. The molecule has 1 aromatic heterocycles. The molecule has 0 saturated heterocycles. The largest absolute Gasteiger partial charge is 0.347 e. The highest BCUT2D eigenvalue weighted by Gasteiger charge is 2.21. The zero-order chi connectivity index (χ0) is 14.8. The van der Waals surface area contributed by atoms with Crippen molar-refractivity contribution in [1.29, 1.82) is 0 Å². The molecule has 2 aromatic rings. The smallest absolute Gasteiger partial charge is 0.246 e. The highest BCUT2D eigenvalue weighted by atomic mass is 35.5. The summed E-state index contributed by atoms with van der Waals surface area (Å²) in [6, 6.07) is 7.18. The molecule has 5 nitrogen and oxygen atoms in total. The molecule has 2 rings (SSSR count). The Morgan fingerprint density at radius 2 is 2.15 bits per heavy atom. The van der Waals surface area contributed by atoms with E-state index < -0.39 is 5.41 Å². The molecule has 0 aliphatic heterocycles. The fraction of sp³-hybridized carbons (Fsp3) is 0.357. The molecule has 0 aliphatic rings. The minimum atomic E-state index is -0.449. The molecule has 0 saturated carbocycles. The lowest BCUT2D eigenvalue weighted by Crippen LogP contribution is -2.34. The van der Waals surface area contributed by atoms with Crippen molar-refractivity contribution in [2.75, 3.05) is 0 Å². The fourth-order valence-electron chi connectivity index (χ4n) is 1.49. The second kappa shape index (κ2) is 5.63. The van der Waals surface area contributed by atoms with Crippen LogP contribution in [0.4, 0.5) is 0 Å². The Hall–Kier alpha value is -1.88. The summed E-state index contributed by atoms with van der Waals surface area (Å²) in [6.45, 7) is 5.73. The zero-order valence-electron chi connectivity index (χ0n) is 11.6. The van der Waals surface area contributed by atoms with Gasteiger partial charge in [0.05, 0.1) is 6.54 Å². The highest BCUT2D eigenvalue weighted by Crippen LogP contribution is 2.20. The van der Waals surface area contributed by atoms with E-state index in [9.17, 15) is 4.79 Å². The Morgan fingerprint density at radius 1 is 1.40 bits per heavy atom. The first-order chi connectivity index (χ1) is 9.36. The van der Waals surface area contributed by atoms with Crippen LogP contribution in [0.5, 0.6) is 0 Å². The van der Waals surface area contributed by atoms with Crippen LogP contribution in [-0.2, 0) is 11.3 Å². The van der Waals surface area contributed by atoms with Crippen LogP contribution in [0.15, 0.2) is 28.8 Å². The predicted octanol–water partition coefficient (Wildman–Crippen LogP) is 3.05. The zero-order valence-corrected chi connectivity index (χ0v) is 12.4. The van der Waals surface area contributed by atoms with Gasteiger partial charge in [0.25, 0.3) is 0 Å². The third kappa shape index (κ3) is 3.57. The average Bonchev–Trinajstić information content (AvgIpc) is 2.83. The number of benzene rings is 1. The predicted molar refractivity (Wildman–Crippen MR) is 76.0 cm³/mol. The minimum Gasteiger partial charge on any atom is -0.347 e. The molecule has 0 atom stereocenters. The molecule has 6 heteroatoms. The number of carbonyl (C=O) groups is 1. The minimum absolute atomic E-state index is 0.0694. The van der Waals surface area contributed by atoms with E-state index in [1.54, 1.807) is 12.1 Å². The number of amides is 1. The lowest BCUT2D eigenvalue weighted by molar-refractivity contribution is -0.128. The van der Waals surface area contributed by atoms with Gasteiger partial charge in [-0.05, 0) is 12.1 Å². The summed E-state index contributed by atoms with van der Waals surface area (Å²) in [6.07, 6.45) is 0. The quantitative estimate of drug-likeness (QED) is 0.944. The van der Waals surface area contributed by atoms with Crippen LogP contribution in [0.2, 0.25) is 5.02 Å². The van der Waals surface area contributed by atoms with E-state index in [1.165, 1.54) is 0 Å². The van der Waals surface area contributed by atoms with Crippen molar-refractivity contribution in [3.63, 3.8) is 0 Å². The van der Waals surface area contributed by atoms with Crippen LogP contribution in [0.3, 0.4) is 0 Å². The van der Waals surface area contributed by atoms with Crippen LogP contribution in [0.1, 0.15) is 26.7 Å². The van der Waals surface area contributed by atoms with Gasteiger partial charge < -0.3 is 9.84 Å². The highest BCUT2D eigenvalue weighted by molar-refractivity contribution is 6.30. The van der Waals surface area contributed by atoms with Gasteiger partial charge >= 0.3 is 0 Å². The van der Waals surface area contributed by atoms with Gasteiger partial charge in [0.2, 0.25) is 17.6 Å². The molecule has 1 aromatic carbocycles. The molecule has 106 valence electrons. The number of rotatable bonds is 3. The maximum atomic E-state index is 11.7. The molecular formula is C14H16ClN3O2. The summed E-state index contributed by atoms with van der Waals surface area (Å²) in [4.78, 5) is 16.0. The lowest BCUT2D eigenvalue weighted by atomic mass is 9.96. The van der Waals surface area contributed by atoms with Gasteiger partial charge in [0.1, 0.15) is 0 Å². The number of aromatic nitrogens is 2. The average molecular weight is 294 g/mol. The van der Waals surface area contributed by atoms with Crippen LogP contribution in [0.25, 0.3) is 11.4 Å². The van der Waals surface area contributed by atoms with Crippen LogP contribution in [-0.4, -0.2) is 16.0 Å². The number of hydrogen-bond donors (Lipinski definition) is 1. The molecule has 0 aliphatic carbocycles. The Labute approximate surface area is 122 Å². The van der Waals surface area contributed by atoms with Crippen LogP contribution < -0.4 is 5.32 Å². The molecule has 1 N–H and O–H groups in total. The van der Waals surface area contributed by atoms with Gasteiger partial charge in [-0.1, -0.05) is 49.7 Å². The van der Waals surface area contributed by atoms with E-state index in [4.69, 9.17) is 16.1 Å². The molecule has 0 bridgehead atoms.